The molecule has 66 valence electrons. The monoisotopic (exact) mass is 177 g/mol. The van der Waals surface area contributed by atoms with Crippen LogP contribution in [-0.4, -0.2) is 29.8 Å². The summed E-state index contributed by atoms with van der Waals surface area (Å²) in [6.07, 6.45) is 0.639. The zero-order valence-electron chi connectivity index (χ0n) is 7.19. The molecule has 0 bridgehead atoms. The molecule has 11 heavy (non-hydrogen) atoms. The molecule has 0 aromatic carbocycles. The van der Waals surface area contributed by atoms with Crippen molar-refractivity contribution in [1.82, 2.24) is 5.32 Å². The maximum Gasteiger partial charge on any atom is 0.107 e. The molecule has 0 saturated carbocycles. The van der Waals surface area contributed by atoms with E-state index in [0.717, 1.165) is 12.3 Å². The van der Waals surface area contributed by atoms with Gasteiger partial charge in [-0.2, -0.15) is 11.8 Å². The maximum atomic E-state index is 13.1. The molecule has 1 atom stereocenters. The standard InChI is InChI=1S/C8H16FNS/c1-8(2,9)5-7-6-11-4-3-10-7/h7,10H,3-6H2,1-2H3. The molecule has 1 N–H and O–H groups in total. The van der Waals surface area contributed by atoms with Crippen molar-refractivity contribution in [3.63, 3.8) is 0 Å². The van der Waals surface area contributed by atoms with E-state index in [-0.39, 0.29) is 0 Å². The molecule has 1 unspecified atom stereocenters. The van der Waals surface area contributed by atoms with Gasteiger partial charge in [0.15, 0.2) is 0 Å². The van der Waals surface area contributed by atoms with Crippen molar-refractivity contribution in [2.24, 2.45) is 0 Å². The minimum atomic E-state index is -1.02. The summed E-state index contributed by atoms with van der Waals surface area (Å²) >= 11 is 1.91. The third-order valence-electron chi connectivity index (χ3n) is 1.73. The van der Waals surface area contributed by atoms with Gasteiger partial charge in [-0.25, -0.2) is 4.39 Å². The summed E-state index contributed by atoms with van der Waals surface area (Å²) in [6.45, 7) is 4.33. The minimum Gasteiger partial charge on any atom is -0.312 e. The highest BCUT2D eigenvalue weighted by atomic mass is 32.2. The Morgan fingerprint density at radius 2 is 2.36 bits per heavy atom. The Morgan fingerprint density at radius 1 is 1.64 bits per heavy atom. The van der Waals surface area contributed by atoms with Gasteiger partial charge in [0.05, 0.1) is 0 Å². The van der Waals surface area contributed by atoms with Crippen LogP contribution in [0.2, 0.25) is 0 Å². The van der Waals surface area contributed by atoms with E-state index in [2.05, 4.69) is 5.32 Å². The highest BCUT2D eigenvalue weighted by Gasteiger charge is 2.23. The van der Waals surface area contributed by atoms with Gasteiger partial charge in [0.2, 0.25) is 0 Å². The fraction of sp³-hybridized carbons (Fsp3) is 1.00. The second-order valence-electron chi connectivity index (χ2n) is 3.65. The summed E-state index contributed by atoms with van der Waals surface area (Å²) in [4.78, 5) is 0. The van der Waals surface area contributed by atoms with E-state index in [1.165, 1.54) is 5.75 Å². The van der Waals surface area contributed by atoms with Crippen molar-refractivity contribution in [1.29, 1.82) is 0 Å². The second kappa shape index (κ2) is 3.76. The van der Waals surface area contributed by atoms with E-state index < -0.39 is 5.67 Å². The van der Waals surface area contributed by atoms with Gasteiger partial charge in [0, 0.05) is 24.1 Å². The van der Waals surface area contributed by atoms with Crippen LogP contribution >= 0.6 is 11.8 Å². The van der Waals surface area contributed by atoms with Crippen molar-refractivity contribution in [3.8, 4) is 0 Å². The second-order valence-corrected chi connectivity index (χ2v) is 4.80. The summed E-state index contributed by atoms with van der Waals surface area (Å²) in [5.74, 6) is 2.23. The third-order valence-corrected chi connectivity index (χ3v) is 2.86. The summed E-state index contributed by atoms with van der Waals surface area (Å²) in [6, 6.07) is 0.383. The summed E-state index contributed by atoms with van der Waals surface area (Å²) in [5.41, 5.74) is -1.02. The van der Waals surface area contributed by atoms with Crippen molar-refractivity contribution < 1.29 is 4.39 Å². The molecule has 0 spiro atoms. The number of thioether (sulfide) groups is 1. The minimum absolute atomic E-state index is 0.383. The summed E-state index contributed by atoms with van der Waals surface area (Å²) in [7, 11) is 0. The molecule has 1 heterocycles. The summed E-state index contributed by atoms with van der Waals surface area (Å²) in [5, 5.41) is 3.31. The Kier molecular flexibility index (Phi) is 3.19. The van der Waals surface area contributed by atoms with Crippen LogP contribution in [0, 0.1) is 0 Å². The third kappa shape index (κ3) is 3.97. The molecule has 1 saturated heterocycles. The molecule has 0 radical (unpaired) electrons. The van der Waals surface area contributed by atoms with Crippen LogP contribution in [0.4, 0.5) is 4.39 Å². The van der Waals surface area contributed by atoms with Crippen molar-refractivity contribution in [2.75, 3.05) is 18.1 Å². The van der Waals surface area contributed by atoms with Crippen molar-refractivity contribution in [3.05, 3.63) is 0 Å². The van der Waals surface area contributed by atoms with Gasteiger partial charge < -0.3 is 5.32 Å². The SMILES string of the molecule is CC(C)(F)CC1CSCCN1. The number of rotatable bonds is 2. The van der Waals surface area contributed by atoms with E-state index in [4.69, 9.17) is 0 Å². The Labute approximate surface area is 72.1 Å². The first-order valence-corrected chi connectivity index (χ1v) is 5.23. The average molecular weight is 177 g/mol. The van der Waals surface area contributed by atoms with Gasteiger partial charge >= 0.3 is 0 Å². The zero-order valence-corrected chi connectivity index (χ0v) is 8.01. The molecule has 1 aliphatic rings. The molecule has 1 rings (SSSR count). The van der Waals surface area contributed by atoms with Crippen LogP contribution in [0.1, 0.15) is 20.3 Å². The van der Waals surface area contributed by atoms with E-state index in [1.54, 1.807) is 13.8 Å². The van der Waals surface area contributed by atoms with E-state index in [0.29, 0.717) is 12.5 Å². The van der Waals surface area contributed by atoms with Crippen molar-refractivity contribution in [2.45, 2.75) is 32.0 Å². The van der Waals surface area contributed by atoms with Crippen molar-refractivity contribution >= 4 is 11.8 Å². The molecule has 0 aliphatic carbocycles. The Balaban J connectivity index is 2.24. The quantitative estimate of drug-likeness (QED) is 0.690. The fourth-order valence-electron chi connectivity index (χ4n) is 1.34. The van der Waals surface area contributed by atoms with Gasteiger partial charge in [-0.1, -0.05) is 0 Å². The van der Waals surface area contributed by atoms with Gasteiger partial charge in [0.1, 0.15) is 5.67 Å². The van der Waals surface area contributed by atoms with Gasteiger partial charge in [0.25, 0.3) is 0 Å². The normalized spacial score (nSPS) is 27.0. The highest BCUT2D eigenvalue weighted by molar-refractivity contribution is 7.99. The number of halogens is 1. The van der Waals surface area contributed by atoms with Crippen LogP contribution in [0.5, 0.6) is 0 Å². The van der Waals surface area contributed by atoms with E-state index >= 15 is 0 Å². The summed E-state index contributed by atoms with van der Waals surface area (Å²) < 4.78 is 13.1. The lowest BCUT2D eigenvalue weighted by atomic mass is 10.0. The molecule has 3 heteroatoms. The molecule has 1 nitrogen and oxygen atoms in total. The topological polar surface area (TPSA) is 12.0 Å². The van der Waals surface area contributed by atoms with Gasteiger partial charge in [-0.3, -0.25) is 0 Å². The van der Waals surface area contributed by atoms with Gasteiger partial charge in [-0.15, -0.1) is 0 Å². The predicted octanol–water partition coefficient (Wildman–Crippen LogP) is 1.83. The number of alkyl halides is 1. The van der Waals surface area contributed by atoms with Crippen LogP contribution in [0.25, 0.3) is 0 Å². The number of hydrogen-bond acceptors (Lipinski definition) is 2. The van der Waals surface area contributed by atoms with E-state index in [9.17, 15) is 4.39 Å². The van der Waals surface area contributed by atoms with E-state index in [1.807, 2.05) is 11.8 Å². The lowest BCUT2D eigenvalue weighted by Crippen LogP contribution is -2.41. The first-order chi connectivity index (χ1) is 5.08. The molecule has 0 amide bonds. The molecule has 0 aromatic rings. The smallest absolute Gasteiger partial charge is 0.107 e. The molecule has 0 aromatic heterocycles. The van der Waals surface area contributed by atoms with Crippen LogP contribution in [-0.2, 0) is 0 Å². The first-order valence-electron chi connectivity index (χ1n) is 4.08. The maximum absolute atomic E-state index is 13.1. The predicted molar refractivity (Wildman–Crippen MR) is 48.9 cm³/mol. The Bertz CT molecular complexity index is 116. The first kappa shape index (κ1) is 9.33. The fourth-order valence-corrected chi connectivity index (χ4v) is 2.29. The zero-order chi connectivity index (χ0) is 8.32. The number of nitrogens with one attached hydrogen (secondary N) is 1. The van der Waals surface area contributed by atoms with Crippen LogP contribution in [0.3, 0.4) is 0 Å². The highest BCUT2D eigenvalue weighted by Crippen LogP contribution is 2.20. The molecule has 1 fully saturated rings. The lowest BCUT2D eigenvalue weighted by molar-refractivity contribution is 0.183. The molecular formula is C8H16FNS. The Hall–Kier alpha value is 0.240. The molecular weight excluding hydrogens is 161 g/mol. The Morgan fingerprint density at radius 3 is 2.82 bits per heavy atom. The lowest BCUT2D eigenvalue weighted by Gasteiger charge is -2.27. The number of hydrogen-bond donors (Lipinski definition) is 1. The largest absolute Gasteiger partial charge is 0.312 e. The van der Waals surface area contributed by atoms with Crippen LogP contribution in [0.15, 0.2) is 0 Å². The van der Waals surface area contributed by atoms with Crippen LogP contribution < -0.4 is 5.32 Å². The average Bonchev–Trinajstić information content (AvgIpc) is 1.85. The molecule has 1 aliphatic heterocycles. The van der Waals surface area contributed by atoms with Gasteiger partial charge in [-0.05, 0) is 20.3 Å².